The number of hydrogen-bond acceptors (Lipinski definition) is 3. The molecule has 8 heteroatoms. The molecular weight excluding hydrogens is 323 g/mol. The maximum absolute atomic E-state index is 12.7. The summed E-state index contributed by atoms with van der Waals surface area (Å²) in [6, 6.07) is 5.76. The predicted molar refractivity (Wildman–Crippen MR) is 77.1 cm³/mol. The van der Waals surface area contributed by atoms with Gasteiger partial charge in [0.25, 0.3) is 0 Å². The lowest BCUT2D eigenvalue weighted by molar-refractivity contribution is 0.0997. The van der Waals surface area contributed by atoms with Crippen molar-refractivity contribution < 1.29 is 13.2 Å². The molecule has 0 aromatic heterocycles. The first-order chi connectivity index (χ1) is 9.27. The Hall–Kier alpha value is -0.820. The first-order valence-electron chi connectivity index (χ1n) is 6.06. The van der Waals surface area contributed by atoms with E-state index in [2.05, 4.69) is 0 Å². The van der Waals surface area contributed by atoms with Gasteiger partial charge in [0.2, 0.25) is 15.9 Å². The summed E-state index contributed by atoms with van der Waals surface area (Å²) in [6.07, 6.45) is 1.75. The molecule has 0 atom stereocenters. The van der Waals surface area contributed by atoms with E-state index in [9.17, 15) is 13.2 Å². The van der Waals surface area contributed by atoms with Gasteiger partial charge in [-0.15, -0.1) is 0 Å². The Kier molecular flexibility index (Phi) is 4.30. The quantitative estimate of drug-likeness (QED) is 0.677. The van der Waals surface area contributed by atoms with E-state index in [1.165, 1.54) is 18.2 Å². The second-order valence-electron chi connectivity index (χ2n) is 4.56. The number of piperidine rings is 1. The van der Waals surface area contributed by atoms with E-state index in [1.807, 2.05) is 0 Å². The molecule has 0 bridgehead atoms. The summed E-state index contributed by atoms with van der Waals surface area (Å²) in [5, 5.41) is 0. The molecule has 0 saturated carbocycles. The second kappa shape index (κ2) is 5.52. The highest BCUT2D eigenvalue weighted by molar-refractivity contribution is 7.89. The molecule has 1 aromatic rings. The van der Waals surface area contributed by atoms with Gasteiger partial charge in [0.15, 0.2) is 4.46 Å². The maximum atomic E-state index is 12.7. The Morgan fingerprint density at radius 3 is 2.50 bits per heavy atom. The van der Waals surface area contributed by atoms with Crippen LogP contribution in [0.1, 0.15) is 29.6 Å². The Morgan fingerprint density at radius 1 is 1.25 bits per heavy atom. The van der Waals surface area contributed by atoms with Crippen molar-refractivity contribution in [2.45, 2.75) is 28.6 Å². The minimum Gasteiger partial charge on any atom is -0.366 e. The number of nitrogens with zero attached hydrogens (tertiary/aromatic N) is 1. The molecule has 0 spiro atoms. The van der Waals surface area contributed by atoms with Gasteiger partial charge in [0.05, 0.1) is 10.5 Å². The van der Waals surface area contributed by atoms with Gasteiger partial charge in [-0.3, -0.25) is 4.79 Å². The van der Waals surface area contributed by atoms with Gasteiger partial charge in [0.1, 0.15) is 0 Å². The fraction of sp³-hybridized carbons (Fsp3) is 0.417. The SMILES string of the molecule is NC(=O)c1ccccc1S(=O)(=O)N1CCCCC1(Cl)Cl. The van der Waals surface area contributed by atoms with Gasteiger partial charge < -0.3 is 5.73 Å². The van der Waals surface area contributed by atoms with E-state index in [4.69, 9.17) is 28.9 Å². The van der Waals surface area contributed by atoms with Crippen molar-refractivity contribution in [2.24, 2.45) is 5.73 Å². The minimum absolute atomic E-state index is 0.0674. The Morgan fingerprint density at radius 2 is 1.90 bits per heavy atom. The van der Waals surface area contributed by atoms with Crippen LogP contribution in [0.2, 0.25) is 0 Å². The maximum Gasteiger partial charge on any atom is 0.250 e. The number of carbonyl (C=O) groups is 1. The van der Waals surface area contributed by atoms with Crippen LogP contribution in [0.4, 0.5) is 0 Å². The molecule has 0 aliphatic carbocycles. The van der Waals surface area contributed by atoms with Crippen LogP contribution in [-0.4, -0.2) is 29.6 Å². The van der Waals surface area contributed by atoms with Crippen LogP contribution >= 0.6 is 23.2 Å². The van der Waals surface area contributed by atoms with E-state index >= 15 is 0 Å². The molecule has 1 aromatic carbocycles. The zero-order valence-corrected chi connectivity index (χ0v) is 12.9. The second-order valence-corrected chi connectivity index (χ2v) is 7.84. The molecule has 5 nitrogen and oxygen atoms in total. The number of alkyl halides is 2. The number of carbonyl (C=O) groups excluding carboxylic acids is 1. The lowest BCUT2D eigenvalue weighted by atomic mass is 10.2. The van der Waals surface area contributed by atoms with Crippen molar-refractivity contribution in [1.82, 2.24) is 4.31 Å². The molecule has 0 radical (unpaired) electrons. The van der Waals surface area contributed by atoms with Crippen LogP contribution in [0, 0.1) is 0 Å². The first kappa shape index (κ1) is 15.6. The Bertz CT molecular complexity index is 631. The van der Waals surface area contributed by atoms with Gasteiger partial charge in [-0.1, -0.05) is 35.3 Å². The van der Waals surface area contributed by atoms with Crippen molar-refractivity contribution in [3.05, 3.63) is 29.8 Å². The minimum atomic E-state index is -3.98. The summed E-state index contributed by atoms with van der Waals surface area (Å²) in [5.41, 5.74) is 5.15. The lowest BCUT2D eigenvalue weighted by Crippen LogP contribution is -2.47. The zero-order chi connectivity index (χ0) is 15.0. The van der Waals surface area contributed by atoms with Crippen molar-refractivity contribution >= 4 is 39.1 Å². The Labute approximate surface area is 127 Å². The number of rotatable bonds is 3. The van der Waals surface area contributed by atoms with Crippen molar-refractivity contribution in [3.8, 4) is 0 Å². The van der Waals surface area contributed by atoms with Gasteiger partial charge in [0, 0.05) is 6.54 Å². The van der Waals surface area contributed by atoms with Crippen molar-refractivity contribution in [3.63, 3.8) is 0 Å². The van der Waals surface area contributed by atoms with Crippen LogP contribution in [0.3, 0.4) is 0 Å². The van der Waals surface area contributed by atoms with Gasteiger partial charge in [-0.25, -0.2) is 8.42 Å². The summed E-state index contributed by atoms with van der Waals surface area (Å²) in [5.74, 6) is -0.809. The highest BCUT2D eigenvalue weighted by Crippen LogP contribution is 2.40. The number of halogens is 2. The molecule has 2 rings (SSSR count). The number of nitrogens with two attached hydrogens (primary N) is 1. The summed E-state index contributed by atoms with van der Waals surface area (Å²) in [6.45, 7) is 0.211. The normalized spacial score (nSPS) is 19.7. The average Bonchev–Trinajstić information content (AvgIpc) is 2.37. The molecule has 1 saturated heterocycles. The smallest absolute Gasteiger partial charge is 0.250 e. The molecule has 1 aliphatic heterocycles. The molecule has 1 heterocycles. The number of amides is 1. The molecule has 1 fully saturated rings. The predicted octanol–water partition coefficient (Wildman–Crippen LogP) is 2.09. The first-order valence-corrected chi connectivity index (χ1v) is 8.26. The summed E-state index contributed by atoms with van der Waals surface area (Å²) in [7, 11) is -3.98. The van der Waals surface area contributed by atoms with Gasteiger partial charge >= 0.3 is 0 Å². The van der Waals surface area contributed by atoms with Crippen LogP contribution in [0.25, 0.3) is 0 Å². The summed E-state index contributed by atoms with van der Waals surface area (Å²) < 4.78 is 24.9. The summed E-state index contributed by atoms with van der Waals surface area (Å²) >= 11 is 12.2. The third-order valence-electron chi connectivity index (χ3n) is 3.17. The highest BCUT2D eigenvalue weighted by Gasteiger charge is 2.44. The van der Waals surface area contributed by atoms with E-state index in [0.717, 1.165) is 10.7 Å². The lowest BCUT2D eigenvalue weighted by Gasteiger charge is -2.37. The van der Waals surface area contributed by atoms with Crippen LogP contribution in [0.15, 0.2) is 29.2 Å². The topological polar surface area (TPSA) is 80.5 Å². The molecule has 110 valence electrons. The molecule has 1 amide bonds. The van der Waals surface area contributed by atoms with Crippen LogP contribution in [-0.2, 0) is 10.0 Å². The van der Waals surface area contributed by atoms with E-state index in [-0.39, 0.29) is 17.0 Å². The van der Waals surface area contributed by atoms with Crippen molar-refractivity contribution in [1.29, 1.82) is 0 Å². The zero-order valence-electron chi connectivity index (χ0n) is 10.6. The number of hydrogen-bond donors (Lipinski definition) is 1. The van der Waals surface area contributed by atoms with Gasteiger partial charge in [-0.2, -0.15) is 4.31 Å². The molecule has 20 heavy (non-hydrogen) atoms. The van der Waals surface area contributed by atoms with Gasteiger partial charge in [-0.05, 0) is 31.4 Å². The molecular formula is C12H14Cl2N2O3S. The summed E-state index contributed by atoms with van der Waals surface area (Å²) in [4.78, 5) is 11.2. The van der Waals surface area contributed by atoms with E-state index in [0.29, 0.717) is 12.8 Å². The van der Waals surface area contributed by atoms with E-state index in [1.54, 1.807) is 6.07 Å². The standard InChI is InChI=1S/C12H14Cl2N2O3S/c13-12(14)7-3-4-8-16(12)20(18,19)10-6-2-1-5-9(10)11(15)17/h1-2,5-6H,3-4,7-8H2,(H2,15,17). The van der Waals surface area contributed by atoms with Crippen LogP contribution < -0.4 is 5.73 Å². The van der Waals surface area contributed by atoms with Crippen molar-refractivity contribution in [2.75, 3.05) is 6.54 Å². The number of primary amides is 1. The molecule has 2 N–H and O–H groups in total. The largest absolute Gasteiger partial charge is 0.366 e. The fourth-order valence-corrected chi connectivity index (χ4v) is 4.92. The fourth-order valence-electron chi connectivity index (χ4n) is 2.19. The number of sulfonamides is 1. The third kappa shape index (κ3) is 2.79. The third-order valence-corrected chi connectivity index (χ3v) is 6.15. The highest BCUT2D eigenvalue weighted by atomic mass is 35.5. The average molecular weight is 337 g/mol. The Balaban J connectivity index is 2.53. The molecule has 0 unspecified atom stereocenters. The van der Waals surface area contributed by atoms with E-state index < -0.39 is 20.4 Å². The monoisotopic (exact) mass is 336 g/mol. The van der Waals surface area contributed by atoms with Crippen LogP contribution in [0.5, 0.6) is 0 Å². The number of benzene rings is 1. The molecule has 1 aliphatic rings.